The monoisotopic (exact) mass is 538 g/mol. The molecule has 0 unspecified atom stereocenters. The van der Waals surface area contributed by atoms with Gasteiger partial charge in [-0.3, -0.25) is 0 Å². The first-order chi connectivity index (χ1) is 18.1. The fourth-order valence-electron chi connectivity index (χ4n) is 4.78. The molecule has 1 aliphatic carbocycles. The Balaban J connectivity index is 1.51. The quantitative estimate of drug-likeness (QED) is 0.266. The topological polar surface area (TPSA) is 18.5 Å². The first-order valence-corrected chi connectivity index (χ1v) is 12.2. The van der Waals surface area contributed by atoms with Gasteiger partial charge in [-0.05, 0) is 79.0 Å². The molecule has 38 heavy (non-hydrogen) atoms. The summed E-state index contributed by atoms with van der Waals surface area (Å²) in [5.41, 5.74) is 2.04. The summed E-state index contributed by atoms with van der Waals surface area (Å²) in [7, 11) is 0. The highest BCUT2D eigenvalue weighted by atomic mass is 19.3. The standard InChI is InChI=1S/C29H25F7O2/c1-2-37-22-10-7-18(8-11-22)17-3-5-19(6-4-17)20-9-12-23(24(30)13-20)21-14-25(31)28(26(32)15-21)38-29(35,36)16-27(33)34/h3-6,9,12-16,18,22H,2,7-8,10-11H2,1H3. The highest BCUT2D eigenvalue weighted by Gasteiger charge is 2.33. The molecule has 0 saturated heterocycles. The van der Waals surface area contributed by atoms with Gasteiger partial charge in [0.25, 0.3) is 6.08 Å². The lowest BCUT2D eigenvalue weighted by Crippen LogP contribution is -2.23. The van der Waals surface area contributed by atoms with Gasteiger partial charge in [-0.2, -0.15) is 17.6 Å². The van der Waals surface area contributed by atoms with Crippen LogP contribution in [0.3, 0.4) is 0 Å². The third-order valence-corrected chi connectivity index (χ3v) is 6.59. The largest absolute Gasteiger partial charge is 0.425 e. The van der Waals surface area contributed by atoms with E-state index in [1.165, 1.54) is 17.7 Å². The van der Waals surface area contributed by atoms with Crippen LogP contribution >= 0.6 is 0 Å². The van der Waals surface area contributed by atoms with E-state index in [0.717, 1.165) is 31.2 Å². The molecular weight excluding hydrogens is 513 g/mol. The van der Waals surface area contributed by atoms with Crippen LogP contribution in [0.5, 0.6) is 5.75 Å². The molecule has 1 aliphatic rings. The molecule has 4 rings (SSSR count). The van der Waals surface area contributed by atoms with Crippen LogP contribution in [-0.4, -0.2) is 18.8 Å². The normalized spacial score (nSPS) is 17.8. The van der Waals surface area contributed by atoms with Crippen LogP contribution in [0.15, 0.2) is 66.8 Å². The van der Waals surface area contributed by atoms with E-state index in [1.807, 2.05) is 31.2 Å². The fraction of sp³-hybridized carbons (Fsp3) is 0.310. The Morgan fingerprint density at radius 1 is 0.816 bits per heavy atom. The number of halogens is 7. The lowest BCUT2D eigenvalue weighted by molar-refractivity contribution is -0.137. The minimum Gasteiger partial charge on any atom is -0.423 e. The maximum absolute atomic E-state index is 15.0. The Bertz CT molecular complexity index is 1270. The SMILES string of the molecule is CCOC1CCC(c2ccc(-c3ccc(-c4cc(F)c(OC(F)(F)C=C(F)F)c(F)c4)c(F)c3)cc2)CC1. The van der Waals surface area contributed by atoms with E-state index in [-0.39, 0.29) is 11.1 Å². The van der Waals surface area contributed by atoms with Crippen molar-refractivity contribution in [3.63, 3.8) is 0 Å². The molecule has 0 aromatic heterocycles. The number of alkyl halides is 2. The smallest absolute Gasteiger partial charge is 0.423 e. The van der Waals surface area contributed by atoms with Gasteiger partial charge in [-0.15, -0.1) is 0 Å². The highest BCUT2D eigenvalue weighted by Crippen LogP contribution is 2.37. The van der Waals surface area contributed by atoms with Gasteiger partial charge in [-0.25, -0.2) is 13.2 Å². The van der Waals surface area contributed by atoms with Crippen molar-refractivity contribution in [3.8, 4) is 28.0 Å². The zero-order valence-electron chi connectivity index (χ0n) is 20.4. The van der Waals surface area contributed by atoms with Crippen LogP contribution in [0.4, 0.5) is 30.7 Å². The average Bonchev–Trinajstić information content (AvgIpc) is 2.86. The van der Waals surface area contributed by atoms with Crippen LogP contribution < -0.4 is 4.74 Å². The van der Waals surface area contributed by atoms with Gasteiger partial charge < -0.3 is 9.47 Å². The third kappa shape index (κ3) is 6.56. The fourth-order valence-corrected chi connectivity index (χ4v) is 4.78. The van der Waals surface area contributed by atoms with Crippen molar-refractivity contribution in [1.29, 1.82) is 0 Å². The maximum atomic E-state index is 15.0. The second kappa shape index (κ2) is 11.6. The number of hydrogen-bond donors (Lipinski definition) is 0. The number of rotatable bonds is 8. The molecule has 0 N–H and O–H groups in total. The van der Waals surface area contributed by atoms with E-state index < -0.39 is 41.5 Å². The Morgan fingerprint density at radius 2 is 1.39 bits per heavy atom. The molecular formula is C29H25F7O2. The van der Waals surface area contributed by atoms with E-state index in [9.17, 15) is 30.7 Å². The molecule has 0 atom stereocenters. The van der Waals surface area contributed by atoms with E-state index >= 15 is 0 Å². The summed E-state index contributed by atoms with van der Waals surface area (Å²) < 4.78 is 104. The maximum Gasteiger partial charge on any atom is 0.425 e. The zero-order valence-corrected chi connectivity index (χ0v) is 20.4. The van der Waals surface area contributed by atoms with Gasteiger partial charge in [0.1, 0.15) is 5.82 Å². The summed E-state index contributed by atoms with van der Waals surface area (Å²) in [6, 6.07) is 13.1. The Kier molecular flexibility index (Phi) is 8.45. The highest BCUT2D eigenvalue weighted by molar-refractivity contribution is 5.71. The summed E-state index contributed by atoms with van der Waals surface area (Å²) in [4.78, 5) is 0. The Labute approximate surface area is 215 Å². The molecule has 0 radical (unpaired) electrons. The Hall–Kier alpha value is -3.33. The van der Waals surface area contributed by atoms with Crippen molar-refractivity contribution in [1.82, 2.24) is 0 Å². The van der Waals surface area contributed by atoms with Crippen molar-refractivity contribution in [2.24, 2.45) is 0 Å². The number of hydrogen-bond acceptors (Lipinski definition) is 2. The molecule has 0 aliphatic heterocycles. The molecule has 202 valence electrons. The number of benzene rings is 3. The molecule has 2 nitrogen and oxygen atoms in total. The van der Waals surface area contributed by atoms with Crippen LogP contribution in [0.2, 0.25) is 0 Å². The van der Waals surface area contributed by atoms with Crippen molar-refractivity contribution >= 4 is 0 Å². The molecule has 1 fully saturated rings. The van der Waals surface area contributed by atoms with Crippen molar-refractivity contribution in [2.75, 3.05) is 6.61 Å². The van der Waals surface area contributed by atoms with E-state index in [0.29, 0.717) is 36.3 Å². The summed E-state index contributed by atoms with van der Waals surface area (Å²) >= 11 is 0. The van der Waals surface area contributed by atoms with Gasteiger partial charge in [0.05, 0.1) is 12.2 Å². The van der Waals surface area contributed by atoms with Crippen LogP contribution in [0, 0.1) is 17.5 Å². The Morgan fingerprint density at radius 3 is 1.95 bits per heavy atom. The number of ether oxygens (including phenoxy) is 2. The second-order valence-corrected chi connectivity index (χ2v) is 9.11. The first kappa shape index (κ1) is 27.7. The molecule has 0 spiro atoms. The summed E-state index contributed by atoms with van der Waals surface area (Å²) in [6.45, 7) is 2.70. The second-order valence-electron chi connectivity index (χ2n) is 9.11. The van der Waals surface area contributed by atoms with Gasteiger partial charge in [-0.1, -0.05) is 36.4 Å². The minimum atomic E-state index is -4.65. The third-order valence-electron chi connectivity index (χ3n) is 6.59. The predicted molar refractivity (Wildman–Crippen MR) is 130 cm³/mol. The summed E-state index contributed by atoms with van der Waals surface area (Å²) in [5, 5.41) is 0. The summed E-state index contributed by atoms with van der Waals surface area (Å²) in [6.07, 6.45) is -3.91. The molecule has 0 heterocycles. The molecule has 9 heteroatoms. The van der Waals surface area contributed by atoms with E-state index in [1.54, 1.807) is 6.07 Å². The van der Waals surface area contributed by atoms with Crippen molar-refractivity contribution in [3.05, 3.63) is 89.8 Å². The van der Waals surface area contributed by atoms with E-state index in [4.69, 9.17) is 4.74 Å². The molecule has 3 aromatic rings. The molecule has 1 saturated carbocycles. The zero-order chi connectivity index (χ0) is 27.4. The lowest BCUT2D eigenvalue weighted by Gasteiger charge is -2.28. The lowest BCUT2D eigenvalue weighted by atomic mass is 9.82. The average molecular weight is 539 g/mol. The van der Waals surface area contributed by atoms with Crippen molar-refractivity contribution < 1.29 is 40.2 Å². The van der Waals surface area contributed by atoms with Crippen LogP contribution in [0.25, 0.3) is 22.3 Å². The van der Waals surface area contributed by atoms with E-state index in [2.05, 4.69) is 4.74 Å². The molecule has 0 amide bonds. The van der Waals surface area contributed by atoms with Gasteiger partial charge in [0, 0.05) is 12.2 Å². The van der Waals surface area contributed by atoms with Gasteiger partial charge in [0.15, 0.2) is 17.4 Å². The van der Waals surface area contributed by atoms with Crippen molar-refractivity contribution in [2.45, 2.75) is 50.7 Å². The van der Waals surface area contributed by atoms with Crippen LogP contribution in [-0.2, 0) is 4.74 Å². The first-order valence-electron chi connectivity index (χ1n) is 12.2. The van der Waals surface area contributed by atoms with Gasteiger partial charge >= 0.3 is 6.11 Å². The summed E-state index contributed by atoms with van der Waals surface area (Å²) in [5.74, 6) is -5.10. The predicted octanol–water partition coefficient (Wildman–Crippen LogP) is 9.25. The molecule has 3 aromatic carbocycles. The van der Waals surface area contributed by atoms with Gasteiger partial charge in [0.2, 0.25) is 0 Å². The molecule has 0 bridgehead atoms. The van der Waals surface area contributed by atoms with Crippen LogP contribution in [0.1, 0.15) is 44.1 Å². The minimum absolute atomic E-state index is 0.178.